The first-order valence-electron chi connectivity index (χ1n) is 5.63. The van der Waals surface area contributed by atoms with Crippen LogP contribution < -0.4 is 5.73 Å². The molecule has 7 nitrogen and oxygen atoms in total. The Labute approximate surface area is 98.5 Å². The molecule has 17 heavy (non-hydrogen) atoms. The Morgan fingerprint density at radius 3 is 3.24 bits per heavy atom. The van der Waals surface area contributed by atoms with E-state index >= 15 is 0 Å². The Bertz CT molecular complexity index is 387. The highest BCUT2D eigenvalue weighted by Crippen LogP contribution is 2.18. The van der Waals surface area contributed by atoms with Crippen molar-refractivity contribution >= 4 is 5.97 Å². The molecule has 1 saturated heterocycles. The Morgan fingerprint density at radius 2 is 2.59 bits per heavy atom. The van der Waals surface area contributed by atoms with Gasteiger partial charge in [0.1, 0.15) is 6.04 Å². The molecule has 2 unspecified atom stereocenters. The third-order valence-electron chi connectivity index (χ3n) is 2.81. The van der Waals surface area contributed by atoms with E-state index < -0.39 is 12.0 Å². The van der Waals surface area contributed by atoms with Gasteiger partial charge in [0.15, 0.2) is 0 Å². The van der Waals surface area contributed by atoms with Crippen LogP contribution in [-0.4, -0.2) is 45.3 Å². The summed E-state index contributed by atoms with van der Waals surface area (Å²) >= 11 is 0. The molecule has 0 bridgehead atoms. The fourth-order valence-electron chi connectivity index (χ4n) is 1.83. The second-order valence-corrected chi connectivity index (χ2v) is 4.21. The Balaban J connectivity index is 1.97. The zero-order chi connectivity index (χ0) is 12.3. The van der Waals surface area contributed by atoms with Crippen molar-refractivity contribution < 1.29 is 14.6 Å². The second-order valence-electron chi connectivity index (χ2n) is 4.21. The lowest BCUT2D eigenvalue weighted by Gasteiger charge is -2.21. The van der Waals surface area contributed by atoms with E-state index in [2.05, 4.69) is 10.3 Å². The first kappa shape index (κ1) is 12.0. The van der Waals surface area contributed by atoms with Gasteiger partial charge in [-0.1, -0.05) is 5.21 Å². The van der Waals surface area contributed by atoms with Crippen molar-refractivity contribution in [3.63, 3.8) is 0 Å². The molecule has 2 heterocycles. The summed E-state index contributed by atoms with van der Waals surface area (Å²) in [5.74, 6) is -1.03. The monoisotopic (exact) mass is 240 g/mol. The molecule has 0 aliphatic carbocycles. The first-order chi connectivity index (χ1) is 8.16. The molecule has 0 radical (unpaired) electrons. The van der Waals surface area contributed by atoms with Gasteiger partial charge in [-0.05, 0) is 12.8 Å². The highest BCUT2D eigenvalue weighted by atomic mass is 16.5. The Kier molecular flexibility index (Phi) is 3.70. The number of carboxylic acid groups (broad SMARTS) is 1. The minimum absolute atomic E-state index is 0.197. The molecule has 1 fully saturated rings. The van der Waals surface area contributed by atoms with Gasteiger partial charge in [0.25, 0.3) is 0 Å². The van der Waals surface area contributed by atoms with Crippen LogP contribution in [0.3, 0.4) is 0 Å². The molecule has 7 heteroatoms. The summed E-state index contributed by atoms with van der Waals surface area (Å²) in [5, 5.41) is 16.6. The highest BCUT2D eigenvalue weighted by Gasteiger charge is 2.19. The maximum atomic E-state index is 10.6. The molecule has 0 amide bonds. The highest BCUT2D eigenvalue weighted by molar-refractivity contribution is 5.73. The van der Waals surface area contributed by atoms with E-state index in [1.165, 1.54) is 0 Å². The van der Waals surface area contributed by atoms with Crippen LogP contribution in [0.25, 0.3) is 0 Å². The lowest BCUT2D eigenvalue weighted by atomic mass is 10.1. The second kappa shape index (κ2) is 5.24. The van der Waals surface area contributed by atoms with Crippen LogP contribution >= 0.6 is 0 Å². The fourth-order valence-corrected chi connectivity index (χ4v) is 1.83. The van der Waals surface area contributed by atoms with Crippen molar-refractivity contribution in [1.82, 2.24) is 15.0 Å². The van der Waals surface area contributed by atoms with Crippen molar-refractivity contribution in [1.29, 1.82) is 0 Å². The van der Waals surface area contributed by atoms with Crippen LogP contribution in [0.4, 0.5) is 0 Å². The molecule has 2 atom stereocenters. The maximum Gasteiger partial charge on any atom is 0.320 e. The summed E-state index contributed by atoms with van der Waals surface area (Å²) in [7, 11) is 0. The van der Waals surface area contributed by atoms with Gasteiger partial charge in [-0.15, -0.1) is 5.10 Å². The van der Waals surface area contributed by atoms with Crippen LogP contribution in [0, 0.1) is 0 Å². The number of nitrogens with zero attached hydrogens (tertiary/aromatic N) is 3. The lowest BCUT2D eigenvalue weighted by molar-refractivity contribution is -0.138. The van der Waals surface area contributed by atoms with Crippen LogP contribution in [0.1, 0.15) is 24.6 Å². The lowest BCUT2D eigenvalue weighted by Crippen LogP contribution is -2.32. The minimum atomic E-state index is -1.03. The van der Waals surface area contributed by atoms with E-state index in [4.69, 9.17) is 15.6 Å². The third kappa shape index (κ3) is 3.01. The standard InChI is InChI=1S/C10H16N4O3/c11-9(10(15)16)4-7-5-14(13-12-7)8-2-1-3-17-6-8/h5,8-9H,1-4,6,11H2,(H,15,16). The molecule has 0 saturated carbocycles. The molecule has 2 rings (SSSR count). The SMILES string of the molecule is NC(Cc1cn(C2CCCOC2)nn1)C(=O)O. The van der Waals surface area contributed by atoms with Gasteiger partial charge in [-0.2, -0.15) is 0 Å². The summed E-state index contributed by atoms with van der Waals surface area (Å²) in [6, 6.07) is -0.728. The quantitative estimate of drug-likeness (QED) is 0.741. The summed E-state index contributed by atoms with van der Waals surface area (Å²) in [4.78, 5) is 10.6. The van der Waals surface area contributed by atoms with Crippen molar-refractivity contribution in [2.24, 2.45) is 5.73 Å². The molecule has 1 aliphatic rings. The molecular weight excluding hydrogens is 224 g/mol. The zero-order valence-electron chi connectivity index (χ0n) is 9.45. The number of nitrogens with two attached hydrogens (primary N) is 1. The van der Waals surface area contributed by atoms with E-state index in [9.17, 15) is 4.79 Å². The summed E-state index contributed by atoms with van der Waals surface area (Å²) < 4.78 is 7.10. The van der Waals surface area contributed by atoms with Crippen molar-refractivity contribution in [3.8, 4) is 0 Å². The van der Waals surface area contributed by atoms with Crippen molar-refractivity contribution in [2.75, 3.05) is 13.2 Å². The largest absolute Gasteiger partial charge is 0.480 e. The van der Waals surface area contributed by atoms with Gasteiger partial charge in [0.2, 0.25) is 0 Å². The Hall–Kier alpha value is -1.47. The number of carbonyl (C=O) groups is 1. The van der Waals surface area contributed by atoms with Crippen LogP contribution in [-0.2, 0) is 16.0 Å². The average molecular weight is 240 g/mol. The van der Waals surface area contributed by atoms with Crippen molar-refractivity contribution in [3.05, 3.63) is 11.9 Å². The van der Waals surface area contributed by atoms with Crippen LogP contribution in [0.5, 0.6) is 0 Å². The third-order valence-corrected chi connectivity index (χ3v) is 2.81. The summed E-state index contributed by atoms with van der Waals surface area (Å²) in [5.41, 5.74) is 6.04. The van der Waals surface area contributed by atoms with Crippen molar-refractivity contribution in [2.45, 2.75) is 31.3 Å². The van der Waals surface area contributed by atoms with Gasteiger partial charge >= 0.3 is 5.97 Å². The zero-order valence-corrected chi connectivity index (χ0v) is 9.45. The fraction of sp³-hybridized carbons (Fsp3) is 0.700. The number of hydrogen-bond donors (Lipinski definition) is 2. The van der Waals surface area contributed by atoms with E-state index in [-0.39, 0.29) is 12.5 Å². The maximum absolute atomic E-state index is 10.6. The van der Waals surface area contributed by atoms with Gasteiger partial charge in [0, 0.05) is 19.2 Å². The molecule has 94 valence electrons. The van der Waals surface area contributed by atoms with Gasteiger partial charge < -0.3 is 15.6 Å². The number of hydrogen-bond acceptors (Lipinski definition) is 5. The summed E-state index contributed by atoms with van der Waals surface area (Å²) in [6.07, 6.45) is 3.97. The van der Waals surface area contributed by atoms with E-state index in [1.807, 2.05) is 0 Å². The van der Waals surface area contributed by atoms with Gasteiger partial charge in [-0.25, -0.2) is 4.68 Å². The molecular formula is C10H16N4O3. The Morgan fingerprint density at radius 1 is 1.76 bits per heavy atom. The normalized spacial score (nSPS) is 22.3. The summed E-state index contributed by atoms with van der Waals surface area (Å²) in [6.45, 7) is 1.43. The van der Waals surface area contributed by atoms with E-state index in [0.29, 0.717) is 12.3 Å². The first-order valence-corrected chi connectivity index (χ1v) is 5.63. The number of aliphatic carboxylic acids is 1. The predicted octanol–water partition coefficient (Wildman–Crippen LogP) is -0.416. The predicted molar refractivity (Wildman–Crippen MR) is 58.4 cm³/mol. The van der Waals surface area contributed by atoms with E-state index in [0.717, 1.165) is 19.4 Å². The van der Waals surface area contributed by atoms with E-state index in [1.54, 1.807) is 10.9 Å². The van der Waals surface area contributed by atoms with Gasteiger partial charge in [-0.3, -0.25) is 4.79 Å². The average Bonchev–Trinajstić information content (AvgIpc) is 2.78. The minimum Gasteiger partial charge on any atom is -0.480 e. The number of rotatable bonds is 4. The smallest absolute Gasteiger partial charge is 0.320 e. The molecule has 0 spiro atoms. The van der Waals surface area contributed by atoms with Gasteiger partial charge in [0.05, 0.1) is 18.3 Å². The molecule has 1 aliphatic heterocycles. The van der Waals surface area contributed by atoms with Crippen LogP contribution in [0.15, 0.2) is 6.20 Å². The molecule has 1 aromatic heterocycles. The number of ether oxygens (including phenoxy) is 1. The van der Waals surface area contributed by atoms with Crippen LogP contribution in [0.2, 0.25) is 0 Å². The topological polar surface area (TPSA) is 103 Å². The molecule has 0 aromatic carbocycles. The number of aromatic nitrogens is 3. The molecule has 1 aromatic rings. The number of carboxylic acids is 1. The molecule has 3 N–H and O–H groups in total.